The quantitative estimate of drug-likeness (QED) is 0.420. The number of carbonyl (C=O) groups is 1. The number of hydrogen-bond donors (Lipinski definition) is 3. The average molecular weight is 398 g/mol. The van der Waals surface area contributed by atoms with Crippen LogP contribution in [0.25, 0.3) is 33.2 Å². The Morgan fingerprint density at radius 2 is 2.03 bits per heavy atom. The number of aromatic amines is 2. The molecule has 0 saturated heterocycles. The van der Waals surface area contributed by atoms with Gasteiger partial charge in [0.2, 0.25) is 0 Å². The van der Waals surface area contributed by atoms with Crippen molar-refractivity contribution in [1.82, 2.24) is 30.5 Å². The van der Waals surface area contributed by atoms with E-state index in [1.54, 1.807) is 7.11 Å². The van der Waals surface area contributed by atoms with Gasteiger partial charge in [0.1, 0.15) is 17.7 Å². The Morgan fingerprint density at radius 3 is 2.93 bits per heavy atom. The monoisotopic (exact) mass is 398 g/mol. The fraction of sp³-hybridized carbons (Fsp3) is 0.0909. The molecule has 2 aromatic carbocycles. The molecule has 5 rings (SSSR count). The Bertz CT molecular complexity index is 1370. The SMILES string of the molecule is COc1cccc(CNC(=O)c2n[nH]c3cc(-c4ncnc5[nH]ccc45)ccc23)c1. The number of methoxy groups -OCH3 is 1. The molecule has 0 aliphatic carbocycles. The Hall–Kier alpha value is -4.20. The zero-order valence-electron chi connectivity index (χ0n) is 16.1. The minimum atomic E-state index is -0.244. The van der Waals surface area contributed by atoms with Gasteiger partial charge in [-0.15, -0.1) is 0 Å². The van der Waals surface area contributed by atoms with E-state index >= 15 is 0 Å². The molecule has 0 saturated carbocycles. The number of nitrogens with zero attached hydrogens (tertiary/aromatic N) is 3. The highest BCUT2D eigenvalue weighted by atomic mass is 16.5. The first-order chi connectivity index (χ1) is 14.7. The van der Waals surface area contributed by atoms with Crippen LogP contribution < -0.4 is 10.1 Å². The molecule has 0 fully saturated rings. The van der Waals surface area contributed by atoms with Crippen molar-refractivity contribution in [3.63, 3.8) is 0 Å². The zero-order valence-corrected chi connectivity index (χ0v) is 16.1. The number of ether oxygens (including phenoxy) is 1. The molecule has 3 aromatic heterocycles. The number of H-pyrrole nitrogens is 2. The van der Waals surface area contributed by atoms with E-state index in [0.29, 0.717) is 12.2 Å². The van der Waals surface area contributed by atoms with Crippen molar-refractivity contribution in [2.45, 2.75) is 6.54 Å². The van der Waals surface area contributed by atoms with Gasteiger partial charge in [0.05, 0.1) is 18.3 Å². The molecule has 8 nitrogen and oxygen atoms in total. The molecule has 8 heteroatoms. The maximum absolute atomic E-state index is 12.7. The molecule has 0 unspecified atom stereocenters. The van der Waals surface area contributed by atoms with Crippen molar-refractivity contribution in [1.29, 1.82) is 0 Å². The van der Waals surface area contributed by atoms with Crippen LogP contribution in [0, 0.1) is 0 Å². The molecule has 3 N–H and O–H groups in total. The lowest BCUT2D eigenvalue weighted by molar-refractivity contribution is 0.0947. The number of amides is 1. The van der Waals surface area contributed by atoms with Gasteiger partial charge in [-0.05, 0) is 35.9 Å². The van der Waals surface area contributed by atoms with Crippen molar-refractivity contribution < 1.29 is 9.53 Å². The molecule has 1 amide bonds. The molecule has 0 aliphatic rings. The number of nitrogens with one attached hydrogen (secondary N) is 3. The predicted molar refractivity (Wildman–Crippen MR) is 113 cm³/mol. The van der Waals surface area contributed by atoms with Crippen LogP contribution in [0.15, 0.2) is 61.1 Å². The maximum atomic E-state index is 12.7. The maximum Gasteiger partial charge on any atom is 0.272 e. The highest BCUT2D eigenvalue weighted by Crippen LogP contribution is 2.28. The third-order valence-corrected chi connectivity index (χ3v) is 4.99. The lowest BCUT2D eigenvalue weighted by Crippen LogP contribution is -2.23. The summed E-state index contributed by atoms with van der Waals surface area (Å²) in [5.74, 6) is 0.507. The van der Waals surface area contributed by atoms with Gasteiger partial charge < -0.3 is 15.0 Å². The number of aromatic nitrogens is 5. The lowest BCUT2D eigenvalue weighted by atomic mass is 10.1. The van der Waals surface area contributed by atoms with Crippen molar-refractivity contribution in [2.24, 2.45) is 0 Å². The smallest absolute Gasteiger partial charge is 0.272 e. The lowest BCUT2D eigenvalue weighted by Gasteiger charge is -2.06. The fourth-order valence-corrected chi connectivity index (χ4v) is 3.49. The second-order valence-corrected chi connectivity index (χ2v) is 6.83. The first kappa shape index (κ1) is 17.9. The molecular weight excluding hydrogens is 380 g/mol. The topological polar surface area (TPSA) is 109 Å². The number of rotatable bonds is 5. The Kier molecular flexibility index (Phi) is 4.36. The van der Waals surface area contributed by atoms with E-state index in [4.69, 9.17) is 4.74 Å². The Labute approximate surface area is 171 Å². The van der Waals surface area contributed by atoms with E-state index in [2.05, 4.69) is 30.5 Å². The third kappa shape index (κ3) is 3.14. The summed E-state index contributed by atoms with van der Waals surface area (Å²) in [5, 5.41) is 11.8. The Balaban J connectivity index is 1.41. The molecule has 148 valence electrons. The van der Waals surface area contributed by atoms with Crippen molar-refractivity contribution >= 4 is 27.8 Å². The van der Waals surface area contributed by atoms with Crippen molar-refractivity contribution in [3.8, 4) is 17.0 Å². The van der Waals surface area contributed by atoms with E-state index in [-0.39, 0.29) is 5.91 Å². The van der Waals surface area contributed by atoms with Crippen LogP contribution in [0.4, 0.5) is 0 Å². The van der Waals surface area contributed by atoms with Crippen LogP contribution in [0.1, 0.15) is 16.1 Å². The third-order valence-electron chi connectivity index (χ3n) is 4.99. The summed E-state index contributed by atoms with van der Waals surface area (Å²) in [6.45, 7) is 0.384. The van der Waals surface area contributed by atoms with Crippen LogP contribution >= 0.6 is 0 Å². The molecule has 0 atom stereocenters. The summed E-state index contributed by atoms with van der Waals surface area (Å²) < 4.78 is 5.22. The van der Waals surface area contributed by atoms with E-state index in [1.807, 2.05) is 54.7 Å². The van der Waals surface area contributed by atoms with Gasteiger partial charge in [0, 0.05) is 29.1 Å². The van der Waals surface area contributed by atoms with Gasteiger partial charge in [0.15, 0.2) is 5.69 Å². The first-order valence-corrected chi connectivity index (χ1v) is 9.40. The van der Waals surface area contributed by atoms with Gasteiger partial charge in [-0.1, -0.05) is 18.2 Å². The summed E-state index contributed by atoms with van der Waals surface area (Å²) in [6, 6.07) is 15.3. The van der Waals surface area contributed by atoms with Gasteiger partial charge in [-0.3, -0.25) is 9.89 Å². The average Bonchev–Trinajstić information content (AvgIpc) is 3.44. The van der Waals surface area contributed by atoms with Crippen LogP contribution in [-0.4, -0.2) is 38.2 Å². The van der Waals surface area contributed by atoms with Gasteiger partial charge >= 0.3 is 0 Å². The predicted octanol–water partition coefficient (Wildman–Crippen LogP) is 3.44. The largest absolute Gasteiger partial charge is 0.497 e. The summed E-state index contributed by atoms with van der Waals surface area (Å²) in [4.78, 5) is 24.4. The standard InChI is InChI=1S/C22H18N6O2/c1-30-15-4-2-3-13(9-15)11-24-22(29)20-16-6-5-14(10-18(16)27-28-20)19-17-7-8-23-21(17)26-12-25-19/h2-10,12H,11H2,1H3,(H,24,29)(H,27,28)(H,23,25,26). The molecule has 3 heterocycles. The highest BCUT2D eigenvalue weighted by molar-refractivity contribution is 6.05. The van der Waals surface area contributed by atoms with Crippen molar-refractivity contribution in [3.05, 3.63) is 72.3 Å². The van der Waals surface area contributed by atoms with Crippen LogP contribution in [0.3, 0.4) is 0 Å². The molecular formula is C22H18N6O2. The minimum absolute atomic E-state index is 0.244. The minimum Gasteiger partial charge on any atom is -0.497 e. The molecule has 0 spiro atoms. The second kappa shape index (κ2) is 7.32. The van der Waals surface area contributed by atoms with Crippen LogP contribution in [-0.2, 0) is 6.54 Å². The summed E-state index contributed by atoms with van der Waals surface area (Å²) in [7, 11) is 1.62. The van der Waals surface area contributed by atoms with Gasteiger partial charge in [-0.2, -0.15) is 5.10 Å². The van der Waals surface area contributed by atoms with Crippen LogP contribution in [0.2, 0.25) is 0 Å². The summed E-state index contributed by atoms with van der Waals surface area (Å²) in [6.07, 6.45) is 3.37. The second-order valence-electron chi connectivity index (χ2n) is 6.83. The Morgan fingerprint density at radius 1 is 1.10 bits per heavy atom. The van der Waals surface area contributed by atoms with Crippen molar-refractivity contribution in [2.75, 3.05) is 7.11 Å². The van der Waals surface area contributed by atoms with E-state index < -0.39 is 0 Å². The van der Waals surface area contributed by atoms with E-state index in [0.717, 1.165) is 44.5 Å². The molecule has 0 bridgehead atoms. The summed E-state index contributed by atoms with van der Waals surface area (Å²) in [5.41, 5.74) is 4.59. The normalized spacial score (nSPS) is 11.1. The molecule has 5 aromatic rings. The zero-order chi connectivity index (χ0) is 20.5. The van der Waals surface area contributed by atoms with E-state index in [9.17, 15) is 4.79 Å². The molecule has 0 radical (unpaired) electrons. The molecule has 0 aliphatic heterocycles. The summed E-state index contributed by atoms with van der Waals surface area (Å²) >= 11 is 0. The number of fused-ring (bicyclic) bond motifs is 2. The van der Waals surface area contributed by atoms with E-state index in [1.165, 1.54) is 6.33 Å². The first-order valence-electron chi connectivity index (χ1n) is 9.40. The van der Waals surface area contributed by atoms with Crippen LogP contribution in [0.5, 0.6) is 5.75 Å². The van der Waals surface area contributed by atoms with Gasteiger partial charge in [0.25, 0.3) is 5.91 Å². The fourth-order valence-electron chi connectivity index (χ4n) is 3.49. The number of benzene rings is 2. The molecule has 30 heavy (non-hydrogen) atoms. The number of hydrogen-bond acceptors (Lipinski definition) is 5. The van der Waals surface area contributed by atoms with Gasteiger partial charge in [-0.25, -0.2) is 9.97 Å². The number of carbonyl (C=O) groups excluding carboxylic acids is 1. The highest BCUT2D eigenvalue weighted by Gasteiger charge is 2.16.